The quantitative estimate of drug-likeness (QED) is 0.491. The molecular weight excluding hydrogens is 398 g/mol. The zero-order chi connectivity index (χ0) is 20.8. The van der Waals surface area contributed by atoms with Crippen LogP contribution in [-0.2, 0) is 0 Å². The first-order valence-electron chi connectivity index (χ1n) is 8.70. The molecule has 2 rings (SSSR count). The van der Waals surface area contributed by atoms with E-state index in [4.69, 9.17) is 33.3 Å². The van der Waals surface area contributed by atoms with Crippen LogP contribution in [-0.4, -0.2) is 24.2 Å². The molecule has 0 saturated heterocycles. The summed E-state index contributed by atoms with van der Waals surface area (Å²) in [4.78, 5) is 12.4. The molecule has 2 aromatic carbocycles. The SMILES string of the molecule is COc1cc(C(=O)NNC(=S)Nc2c(C)cc(C)cc2Cl)ccc1OC(C)C. The second-order valence-electron chi connectivity index (χ2n) is 6.50. The van der Waals surface area contributed by atoms with Gasteiger partial charge in [0.25, 0.3) is 5.91 Å². The normalized spacial score (nSPS) is 10.4. The van der Waals surface area contributed by atoms with Gasteiger partial charge in [0.2, 0.25) is 0 Å². The van der Waals surface area contributed by atoms with Crippen LogP contribution >= 0.6 is 23.8 Å². The molecule has 0 spiro atoms. The highest BCUT2D eigenvalue weighted by Crippen LogP contribution is 2.29. The van der Waals surface area contributed by atoms with E-state index >= 15 is 0 Å². The molecule has 0 fully saturated rings. The van der Waals surface area contributed by atoms with Crippen molar-refractivity contribution in [3.05, 3.63) is 52.0 Å². The predicted octanol–water partition coefficient (Wildman–Crippen LogP) is 4.38. The van der Waals surface area contributed by atoms with E-state index in [0.717, 1.165) is 11.1 Å². The van der Waals surface area contributed by atoms with Crippen LogP contribution in [0.15, 0.2) is 30.3 Å². The minimum absolute atomic E-state index is 0.00394. The van der Waals surface area contributed by atoms with Crippen molar-refractivity contribution >= 4 is 40.5 Å². The Bertz CT molecular complexity index is 864. The van der Waals surface area contributed by atoms with Crippen molar-refractivity contribution in [2.24, 2.45) is 0 Å². The van der Waals surface area contributed by atoms with Gasteiger partial charge in [0.15, 0.2) is 16.6 Å². The maximum Gasteiger partial charge on any atom is 0.269 e. The zero-order valence-corrected chi connectivity index (χ0v) is 18.0. The Morgan fingerprint density at radius 1 is 1.11 bits per heavy atom. The summed E-state index contributed by atoms with van der Waals surface area (Å²) in [6.45, 7) is 7.72. The minimum atomic E-state index is -0.370. The summed E-state index contributed by atoms with van der Waals surface area (Å²) >= 11 is 11.5. The van der Waals surface area contributed by atoms with E-state index in [1.54, 1.807) is 18.2 Å². The van der Waals surface area contributed by atoms with Crippen molar-refractivity contribution in [1.82, 2.24) is 10.9 Å². The molecule has 1 amide bonds. The largest absolute Gasteiger partial charge is 0.493 e. The lowest BCUT2D eigenvalue weighted by atomic mass is 10.1. The Kier molecular flexibility index (Phi) is 7.48. The zero-order valence-electron chi connectivity index (χ0n) is 16.5. The van der Waals surface area contributed by atoms with Gasteiger partial charge >= 0.3 is 0 Å². The fourth-order valence-corrected chi connectivity index (χ4v) is 3.09. The van der Waals surface area contributed by atoms with Gasteiger partial charge in [0, 0.05) is 5.56 Å². The van der Waals surface area contributed by atoms with Crippen LogP contribution in [0.4, 0.5) is 5.69 Å². The van der Waals surface area contributed by atoms with E-state index in [1.807, 2.05) is 39.8 Å². The number of amides is 1. The van der Waals surface area contributed by atoms with Gasteiger partial charge < -0.3 is 14.8 Å². The molecule has 0 saturated carbocycles. The molecule has 0 aliphatic heterocycles. The summed E-state index contributed by atoms with van der Waals surface area (Å²) in [6, 6.07) is 8.77. The summed E-state index contributed by atoms with van der Waals surface area (Å²) < 4.78 is 11.0. The summed E-state index contributed by atoms with van der Waals surface area (Å²) in [7, 11) is 1.52. The topological polar surface area (TPSA) is 71.6 Å². The van der Waals surface area contributed by atoms with Crippen LogP contribution in [0, 0.1) is 13.8 Å². The molecule has 0 bridgehead atoms. The first kappa shape index (κ1) is 21.8. The Morgan fingerprint density at radius 3 is 2.43 bits per heavy atom. The fraction of sp³-hybridized carbons (Fsp3) is 0.300. The van der Waals surface area contributed by atoms with E-state index in [-0.39, 0.29) is 17.1 Å². The van der Waals surface area contributed by atoms with Crippen molar-refractivity contribution in [1.29, 1.82) is 0 Å². The number of rotatable bonds is 5. The fourth-order valence-electron chi connectivity index (χ4n) is 2.56. The molecule has 0 aliphatic carbocycles. The Morgan fingerprint density at radius 2 is 1.82 bits per heavy atom. The van der Waals surface area contributed by atoms with Gasteiger partial charge in [0.05, 0.1) is 23.9 Å². The van der Waals surface area contributed by atoms with E-state index in [1.165, 1.54) is 7.11 Å². The van der Waals surface area contributed by atoms with Crippen molar-refractivity contribution in [3.63, 3.8) is 0 Å². The molecule has 3 N–H and O–H groups in total. The van der Waals surface area contributed by atoms with Gasteiger partial charge in [-0.25, -0.2) is 0 Å². The Labute approximate surface area is 175 Å². The third-order valence-corrected chi connectivity index (χ3v) is 4.25. The molecule has 28 heavy (non-hydrogen) atoms. The Balaban J connectivity index is 2.01. The van der Waals surface area contributed by atoms with Gasteiger partial charge in [-0.2, -0.15) is 0 Å². The highest BCUT2D eigenvalue weighted by molar-refractivity contribution is 7.80. The number of thiocarbonyl (C=S) groups is 1. The van der Waals surface area contributed by atoms with Crippen LogP contribution in [0.25, 0.3) is 0 Å². The van der Waals surface area contributed by atoms with Gasteiger partial charge in [-0.05, 0) is 75.3 Å². The lowest BCUT2D eigenvalue weighted by molar-refractivity contribution is 0.0943. The number of hydrogen-bond acceptors (Lipinski definition) is 4. The summed E-state index contributed by atoms with van der Waals surface area (Å²) in [5.41, 5.74) is 8.31. The molecule has 150 valence electrons. The van der Waals surface area contributed by atoms with Crippen LogP contribution in [0.2, 0.25) is 5.02 Å². The highest BCUT2D eigenvalue weighted by atomic mass is 35.5. The molecule has 0 atom stereocenters. The average Bonchev–Trinajstić information content (AvgIpc) is 2.62. The molecule has 6 nitrogen and oxygen atoms in total. The van der Waals surface area contributed by atoms with Crippen molar-refractivity contribution in [2.75, 3.05) is 12.4 Å². The third kappa shape index (κ3) is 5.74. The number of aryl methyl sites for hydroxylation is 2. The van der Waals surface area contributed by atoms with Crippen LogP contribution in [0.1, 0.15) is 35.3 Å². The van der Waals surface area contributed by atoms with Crippen LogP contribution in [0.5, 0.6) is 11.5 Å². The number of anilines is 1. The van der Waals surface area contributed by atoms with Gasteiger partial charge in [-0.3, -0.25) is 15.6 Å². The summed E-state index contributed by atoms with van der Waals surface area (Å²) in [6.07, 6.45) is -0.00394. The molecule has 8 heteroatoms. The smallest absolute Gasteiger partial charge is 0.269 e. The third-order valence-electron chi connectivity index (χ3n) is 3.75. The molecule has 0 unspecified atom stereocenters. The van der Waals surface area contributed by atoms with Gasteiger partial charge in [0.1, 0.15) is 0 Å². The number of hydrazine groups is 1. The Hall–Kier alpha value is -2.51. The predicted molar refractivity (Wildman–Crippen MR) is 117 cm³/mol. The maximum absolute atomic E-state index is 12.4. The number of ether oxygens (including phenoxy) is 2. The standard InChI is InChI=1S/C20H24ClN3O3S/c1-11(2)27-16-7-6-14(10-17(16)26-5)19(25)23-24-20(28)22-18-13(4)8-12(3)9-15(18)21/h6-11H,1-5H3,(H,23,25)(H2,22,24,28). The number of hydrogen-bond donors (Lipinski definition) is 3. The molecular formula is C20H24ClN3O3S. The number of benzene rings is 2. The minimum Gasteiger partial charge on any atom is -0.493 e. The molecule has 2 aromatic rings. The number of methoxy groups -OCH3 is 1. The summed E-state index contributed by atoms with van der Waals surface area (Å²) in [5, 5.41) is 3.77. The van der Waals surface area contributed by atoms with Crippen LogP contribution < -0.4 is 25.6 Å². The number of halogens is 1. The van der Waals surface area contributed by atoms with E-state index < -0.39 is 0 Å². The first-order valence-corrected chi connectivity index (χ1v) is 9.48. The second kappa shape index (κ2) is 9.61. The molecule has 0 aliphatic rings. The lowest BCUT2D eigenvalue weighted by Crippen LogP contribution is -2.43. The first-order chi connectivity index (χ1) is 13.2. The van der Waals surface area contributed by atoms with Crippen LogP contribution in [0.3, 0.4) is 0 Å². The second-order valence-corrected chi connectivity index (χ2v) is 7.32. The average molecular weight is 422 g/mol. The van der Waals surface area contributed by atoms with E-state index in [9.17, 15) is 4.79 Å². The van der Waals surface area contributed by atoms with Crippen molar-refractivity contribution in [3.8, 4) is 11.5 Å². The number of nitrogens with one attached hydrogen (secondary N) is 3. The lowest BCUT2D eigenvalue weighted by Gasteiger charge is -2.16. The maximum atomic E-state index is 12.4. The van der Waals surface area contributed by atoms with E-state index in [0.29, 0.717) is 27.8 Å². The number of carbonyl (C=O) groups is 1. The monoisotopic (exact) mass is 421 g/mol. The molecule has 0 radical (unpaired) electrons. The number of carbonyl (C=O) groups excluding carboxylic acids is 1. The van der Waals surface area contributed by atoms with E-state index in [2.05, 4.69) is 16.2 Å². The summed E-state index contributed by atoms with van der Waals surface area (Å²) in [5.74, 6) is 0.679. The van der Waals surface area contributed by atoms with Gasteiger partial charge in [-0.1, -0.05) is 17.7 Å². The van der Waals surface area contributed by atoms with Crippen molar-refractivity contribution < 1.29 is 14.3 Å². The van der Waals surface area contributed by atoms with Gasteiger partial charge in [-0.15, -0.1) is 0 Å². The molecule has 0 heterocycles. The molecule has 0 aromatic heterocycles. The van der Waals surface area contributed by atoms with Crippen molar-refractivity contribution in [2.45, 2.75) is 33.8 Å². The highest BCUT2D eigenvalue weighted by Gasteiger charge is 2.13.